The third kappa shape index (κ3) is 4.44. The molecule has 0 amide bonds. The van der Waals surface area contributed by atoms with Gasteiger partial charge in [-0.2, -0.15) is 5.10 Å². The van der Waals surface area contributed by atoms with Crippen molar-refractivity contribution in [2.24, 2.45) is 5.92 Å². The number of ether oxygens (including phenoxy) is 1. The van der Waals surface area contributed by atoms with Crippen LogP contribution in [0.2, 0.25) is 0 Å². The molecule has 0 bridgehead atoms. The van der Waals surface area contributed by atoms with Gasteiger partial charge < -0.3 is 4.74 Å². The van der Waals surface area contributed by atoms with Crippen molar-refractivity contribution in [3.63, 3.8) is 0 Å². The molecule has 1 heterocycles. The smallest absolute Gasteiger partial charge is 0.157 e. The van der Waals surface area contributed by atoms with Crippen LogP contribution in [0, 0.1) is 5.92 Å². The predicted molar refractivity (Wildman–Crippen MR) is 67.2 cm³/mol. The zero-order valence-corrected chi connectivity index (χ0v) is 11.1. The van der Waals surface area contributed by atoms with Crippen LogP contribution in [-0.4, -0.2) is 22.3 Å². The van der Waals surface area contributed by atoms with Crippen LogP contribution in [0.4, 0.5) is 0 Å². The Morgan fingerprint density at radius 1 is 1.38 bits per heavy atom. The highest BCUT2D eigenvalue weighted by Gasteiger charge is 2.04. The minimum Gasteiger partial charge on any atom is -0.490 e. The van der Waals surface area contributed by atoms with E-state index in [0.717, 1.165) is 31.1 Å². The van der Waals surface area contributed by atoms with E-state index in [1.807, 2.05) is 10.9 Å². The molecule has 0 aliphatic heterocycles. The van der Waals surface area contributed by atoms with Crippen molar-refractivity contribution in [1.82, 2.24) is 9.78 Å². The van der Waals surface area contributed by atoms with Gasteiger partial charge in [0.05, 0.1) is 19.0 Å². The van der Waals surface area contributed by atoms with Crippen LogP contribution in [0.25, 0.3) is 0 Å². The first-order valence-electron chi connectivity index (χ1n) is 5.86. The molecule has 3 nitrogen and oxygen atoms in total. The largest absolute Gasteiger partial charge is 0.490 e. The van der Waals surface area contributed by atoms with E-state index in [1.54, 1.807) is 6.20 Å². The van der Waals surface area contributed by atoms with Gasteiger partial charge in [0.25, 0.3) is 0 Å². The first-order chi connectivity index (χ1) is 7.63. The number of halogens is 1. The van der Waals surface area contributed by atoms with Crippen LogP contribution in [0.5, 0.6) is 5.75 Å². The van der Waals surface area contributed by atoms with E-state index in [2.05, 4.69) is 25.9 Å². The molecule has 0 radical (unpaired) electrons. The SMILES string of the molecule is CC(CCCl)CCOc1cnn(C(C)C)c1. The second-order valence-corrected chi connectivity index (χ2v) is 4.85. The lowest BCUT2D eigenvalue weighted by Crippen LogP contribution is -2.04. The molecule has 1 aromatic heterocycles. The summed E-state index contributed by atoms with van der Waals surface area (Å²) in [5.74, 6) is 2.20. The van der Waals surface area contributed by atoms with Crippen LogP contribution in [0.1, 0.15) is 39.7 Å². The Balaban J connectivity index is 2.26. The van der Waals surface area contributed by atoms with E-state index in [0.29, 0.717) is 12.0 Å². The molecule has 0 aliphatic rings. The molecule has 0 saturated heterocycles. The zero-order valence-electron chi connectivity index (χ0n) is 10.3. The van der Waals surface area contributed by atoms with E-state index in [-0.39, 0.29) is 0 Å². The van der Waals surface area contributed by atoms with Crippen LogP contribution >= 0.6 is 11.6 Å². The zero-order chi connectivity index (χ0) is 12.0. The minimum absolute atomic E-state index is 0.382. The average Bonchev–Trinajstić information content (AvgIpc) is 2.67. The minimum atomic E-state index is 0.382. The van der Waals surface area contributed by atoms with Gasteiger partial charge in [0.1, 0.15) is 0 Å². The highest BCUT2D eigenvalue weighted by molar-refractivity contribution is 6.17. The number of rotatable bonds is 7. The Morgan fingerprint density at radius 2 is 2.12 bits per heavy atom. The van der Waals surface area contributed by atoms with Crippen molar-refractivity contribution in [1.29, 1.82) is 0 Å². The number of alkyl halides is 1. The summed E-state index contributed by atoms with van der Waals surface area (Å²) in [4.78, 5) is 0. The van der Waals surface area contributed by atoms with E-state index in [4.69, 9.17) is 16.3 Å². The maximum Gasteiger partial charge on any atom is 0.157 e. The van der Waals surface area contributed by atoms with E-state index in [1.165, 1.54) is 0 Å². The molecular weight excluding hydrogens is 224 g/mol. The highest BCUT2D eigenvalue weighted by Crippen LogP contribution is 2.14. The van der Waals surface area contributed by atoms with Gasteiger partial charge in [-0.05, 0) is 32.6 Å². The van der Waals surface area contributed by atoms with Crippen LogP contribution in [0.15, 0.2) is 12.4 Å². The monoisotopic (exact) mass is 244 g/mol. The molecule has 1 aromatic rings. The summed E-state index contributed by atoms with van der Waals surface area (Å²) in [7, 11) is 0. The van der Waals surface area contributed by atoms with Gasteiger partial charge in [0.15, 0.2) is 5.75 Å². The van der Waals surface area contributed by atoms with Crippen molar-refractivity contribution >= 4 is 11.6 Å². The molecule has 1 rings (SSSR count). The lowest BCUT2D eigenvalue weighted by molar-refractivity contribution is 0.281. The fraction of sp³-hybridized carbons (Fsp3) is 0.750. The summed E-state index contributed by atoms with van der Waals surface area (Å²) in [5.41, 5.74) is 0. The summed E-state index contributed by atoms with van der Waals surface area (Å²) < 4.78 is 7.53. The van der Waals surface area contributed by atoms with Crippen LogP contribution in [-0.2, 0) is 0 Å². The lowest BCUT2D eigenvalue weighted by Gasteiger charge is -2.09. The van der Waals surface area contributed by atoms with Gasteiger partial charge >= 0.3 is 0 Å². The van der Waals surface area contributed by atoms with Crippen LogP contribution in [0.3, 0.4) is 0 Å². The summed E-state index contributed by atoms with van der Waals surface area (Å²) >= 11 is 5.68. The van der Waals surface area contributed by atoms with Crippen molar-refractivity contribution in [2.45, 2.75) is 39.7 Å². The normalized spacial score (nSPS) is 13.1. The van der Waals surface area contributed by atoms with Crippen molar-refractivity contribution in [2.75, 3.05) is 12.5 Å². The molecule has 0 aliphatic carbocycles. The maximum absolute atomic E-state index is 5.68. The Hall–Kier alpha value is -0.700. The Kier molecular flexibility index (Phi) is 5.67. The number of aromatic nitrogens is 2. The van der Waals surface area contributed by atoms with E-state index in [9.17, 15) is 0 Å². The van der Waals surface area contributed by atoms with Gasteiger partial charge in [-0.3, -0.25) is 4.68 Å². The fourth-order valence-electron chi connectivity index (χ4n) is 1.39. The first-order valence-corrected chi connectivity index (χ1v) is 6.40. The summed E-state index contributed by atoms with van der Waals surface area (Å²) in [5, 5.41) is 4.22. The van der Waals surface area contributed by atoms with E-state index < -0.39 is 0 Å². The third-order valence-electron chi connectivity index (χ3n) is 2.59. The summed E-state index contributed by atoms with van der Waals surface area (Å²) in [6.45, 7) is 7.13. The van der Waals surface area contributed by atoms with Crippen molar-refractivity contribution < 1.29 is 4.74 Å². The van der Waals surface area contributed by atoms with Gasteiger partial charge in [0, 0.05) is 11.9 Å². The molecule has 92 valence electrons. The van der Waals surface area contributed by atoms with Crippen molar-refractivity contribution in [3.05, 3.63) is 12.4 Å². The maximum atomic E-state index is 5.68. The molecule has 1 atom stereocenters. The number of hydrogen-bond donors (Lipinski definition) is 0. The highest BCUT2D eigenvalue weighted by atomic mass is 35.5. The number of hydrogen-bond acceptors (Lipinski definition) is 2. The molecule has 0 N–H and O–H groups in total. The van der Waals surface area contributed by atoms with Crippen molar-refractivity contribution in [3.8, 4) is 5.75 Å². The predicted octanol–water partition coefficient (Wildman–Crippen LogP) is 3.50. The topological polar surface area (TPSA) is 27.1 Å². The lowest BCUT2D eigenvalue weighted by atomic mass is 10.1. The fourth-order valence-corrected chi connectivity index (χ4v) is 1.76. The first kappa shape index (κ1) is 13.4. The molecule has 0 spiro atoms. The molecule has 0 saturated carbocycles. The second kappa shape index (κ2) is 6.79. The van der Waals surface area contributed by atoms with Gasteiger partial charge in [-0.1, -0.05) is 6.92 Å². The van der Waals surface area contributed by atoms with Gasteiger partial charge in [-0.25, -0.2) is 0 Å². The summed E-state index contributed by atoms with van der Waals surface area (Å²) in [6, 6.07) is 0.382. The molecule has 0 fully saturated rings. The van der Waals surface area contributed by atoms with Gasteiger partial charge in [0.2, 0.25) is 0 Å². The van der Waals surface area contributed by atoms with E-state index >= 15 is 0 Å². The average molecular weight is 245 g/mol. The molecule has 1 unspecified atom stereocenters. The molecule has 0 aromatic carbocycles. The Morgan fingerprint density at radius 3 is 2.69 bits per heavy atom. The number of nitrogens with zero attached hydrogens (tertiary/aromatic N) is 2. The molecule has 4 heteroatoms. The van der Waals surface area contributed by atoms with Gasteiger partial charge in [-0.15, -0.1) is 11.6 Å². The Labute approximate surface area is 103 Å². The third-order valence-corrected chi connectivity index (χ3v) is 2.81. The standard InChI is InChI=1S/C12H21ClN2O/c1-10(2)15-9-12(8-14-15)16-7-5-11(3)4-6-13/h8-11H,4-7H2,1-3H3. The quantitative estimate of drug-likeness (QED) is 0.687. The molecule has 16 heavy (non-hydrogen) atoms. The second-order valence-electron chi connectivity index (χ2n) is 4.47. The van der Waals surface area contributed by atoms with Crippen LogP contribution < -0.4 is 4.74 Å². The summed E-state index contributed by atoms with van der Waals surface area (Å²) in [6.07, 6.45) is 5.80. The molecular formula is C12H21ClN2O. The Bertz CT molecular complexity index is 299.